The van der Waals surface area contributed by atoms with Gasteiger partial charge in [0.1, 0.15) is 5.82 Å². The predicted molar refractivity (Wildman–Crippen MR) is 78.6 cm³/mol. The molecule has 0 spiro atoms. The van der Waals surface area contributed by atoms with Crippen LogP contribution >= 0.6 is 23.1 Å². The van der Waals surface area contributed by atoms with E-state index < -0.39 is 16.0 Å². The van der Waals surface area contributed by atoms with Crippen molar-refractivity contribution in [2.75, 3.05) is 4.72 Å². The minimum absolute atomic E-state index is 0.0202. The van der Waals surface area contributed by atoms with Gasteiger partial charge in [0, 0.05) is 16.6 Å². The fraction of sp³-hybridized carbons (Fsp3) is 0.182. The quantitative estimate of drug-likeness (QED) is 0.878. The molecule has 2 rings (SSSR count). The van der Waals surface area contributed by atoms with E-state index in [2.05, 4.69) is 14.1 Å². The first-order valence-corrected chi connectivity index (χ1v) is 8.21. The molecule has 0 amide bonds. The summed E-state index contributed by atoms with van der Waals surface area (Å²) in [4.78, 5) is 14.8. The van der Waals surface area contributed by atoms with E-state index in [1.54, 1.807) is 6.92 Å². The molecule has 0 unspecified atom stereocenters. The van der Waals surface area contributed by atoms with E-state index in [9.17, 15) is 13.2 Å². The summed E-state index contributed by atoms with van der Waals surface area (Å²) in [5, 5.41) is 9.20. The summed E-state index contributed by atoms with van der Waals surface area (Å²) in [6.07, 6.45) is 0. The number of halogens is 1. The molecule has 0 fully saturated rings. The molecule has 0 radical (unpaired) electrons. The molecule has 0 saturated heterocycles. The van der Waals surface area contributed by atoms with E-state index in [0.717, 1.165) is 11.5 Å². The van der Waals surface area contributed by atoms with Crippen molar-refractivity contribution in [3.8, 4) is 0 Å². The lowest BCUT2D eigenvalue weighted by Crippen LogP contribution is -2.16. The van der Waals surface area contributed by atoms with Gasteiger partial charge in [0.15, 0.2) is 0 Å². The normalized spacial score (nSPS) is 11.4. The highest BCUT2D eigenvalue weighted by Gasteiger charge is 2.23. The van der Waals surface area contributed by atoms with Crippen LogP contribution in [0.25, 0.3) is 0 Å². The highest BCUT2D eigenvalue weighted by Crippen LogP contribution is 2.26. The topological polar surface area (TPSA) is 109 Å². The van der Waals surface area contributed by atoms with Crippen LogP contribution in [0.3, 0.4) is 0 Å². The lowest BCUT2D eigenvalue weighted by molar-refractivity contribution is 0.0696. The van der Waals surface area contributed by atoms with Gasteiger partial charge in [-0.05, 0) is 31.5 Å². The summed E-state index contributed by atoms with van der Waals surface area (Å²) in [6, 6.07) is 2.40. The number of aryl methyl sites for hydroxylation is 1. The Bertz CT molecular complexity index is 817. The molecule has 2 N–H and O–H groups in total. The summed E-state index contributed by atoms with van der Waals surface area (Å²) in [6.45, 7) is 3.03. The Balaban J connectivity index is 2.52. The van der Waals surface area contributed by atoms with Gasteiger partial charge in [0.2, 0.25) is 5.13 Å². The Morgan fingerprint density at radius 3 is 2.57 bits per heavy atom. The standard InChI is InChI=1S/C11H10ClN3O4S2/c1-5-8(10(16)17)3-7(12)4-9(5)21(18,19)15-11-13-6(2)14-20-11/h3-4H,1-2H3,(H,16,17)(H,13,14,15). The minimum Gasteiger partial charge on any atom is -0.478 e. The number of hydrogen-bond donors (Lipinski definition) is 2. The number of aromatic carboxylic acids is 1. The number of carboxylic acid groups (broad SMARTS) is 1. The van der Waals surface area contributed by atoms with Crippen molar-refractivity contribution >= 4 is 44.3 Å². The van der Waals surface area contributed by atoms with Gasteiger partial charge in [0.05, 0.1) is 10.5 Å². The number of benzene rings is 1. The van der Waals surface area contributed by atoms with E-state index in [1.165, 1.54) is 19.1 Å². The highest BCUT2D eigenvalue weighted by atomic mass is 35.5. The first kappa shape index (κ1) is 15.7. The van der Waals surface area contributed by atoms with Crippen molar-refractivity contribution in [1.82, 2.24) is 9.36 Å². The summed E-state index contributed by atoms with van der Waals surface area (Å²) < 4.78 is 30.8. The lowest BCUT2D eigenvalue weighted by atomic mass is 10.1. The largest absolute Gasteiger partial charge is 0.478 e. The van der Waals surface area contributed by atoms with Crippen LogP contribution in [-0.2, 0) is 10.0 Å². The van der Waals surface area contributed by atoms with Crippen LogP contribution in [0.15, 0.2) is 17.0 Å². The maximum atomic E-state index is 12.3. The fourth-order valence-corrected chi connectivity index (χ4v) is 4.04. The Labute approximate surface area is 129 Å². The number of carbonyl (C=O) groups is 1. The van der Waals surface area contributed by atoms with Gasteiger partial charge in [0.25, 0.3) is 10.0 Å². The number of nitrogens with zero attached hydrogens (tertiary/aromatic N) is 2. The first-order valence-electron chi connectivity index (χ1n) is 5.57. The van der Waals surface area contributed by atoms with Crippen molar-refractivity contribution in [1.29, 1.82) is 0 Å². The molecule has 1 aromatic heterocycles. The fourth-order valence-electron chi connectivity index (χ4n) is 1.66. The van der Waals surface area contributed by atoms with Crippen molar-refractivity contribution in [2.24, 2.45) is 0 Å². The van der Waals surface area contributed by atoms with Crippen molar-refractivity contribution in [3.63, 3.8) is 0 Å². The molecule has 1 aromatic carbocycles. The van der Waals surface area contributed by atoms with Crippen molar-refractivity contribution in [2.45, 2.75) is 18.7 Å². The molecule has 1 heterocycles. The van der Waals surface area contributed by atoms with Crippen molar-refractivity contribution < 1.29 is 18.3 Å². The van der Waals surface area contributed by atoms with Crippen molar-refractivity contribution in [3.05, 3.63) is 34.1 Å². The van der Waals surface area contributed by atoms with E-state index in [0.29, 0.717) is 5.82 Å². The van der Waals surface area contributed by atoms with Crippen LogP contribution in [0.4, 0.5) is 5.13 Å². The average molecular weight is 348 g/mol. The average Bonchev–Trinajstić information content (AvgIpc) is 2.76. The molecule has 0 aliphatic carbocycles. The third kappa shape index (κ3) is 3.31. The maximum absolute atomic E-state index is 12.3. The van der Waals surface area contributed by atoms with E-state index in [1.807, 2.05) is 0 Å². The zero-order valence-corrected chi connectivity index (χ0v) is 13.3. The summed E-state index contributed by atoms with van der Waals surface area (Å²) in [5.74, 6) is -0.815. The SMILES string of the molecule is Cc1nsc(NS(=O)(=O)c2cc(Cl)cc(C(=O)O)c2C)n1. The third-order valence-corrected chi connectivity index (χ3v) is 5.13. The monoisotopic (exact) mass is 347 g/mol. The second kappa shape index (κ2) is 5.58. The first-order chi connectivity index (χ1) is 9.70. The van der Waals surface area contributed by atoms with Gasteiger partial charge in [-0.3, -0.25) is 4.72 Å². The highest BCUT2D eigenvalue weighted by molar-refractivity contribution is 7.93. The number of nitrogens with one attached hydrogen (secondary N) is 1. The van der Waals surface area contributed by atoms with Gasteiger partial charge in [-0.25, -0.2) is 18.2 Å². The number of carboxylic acids is 1. The molecule has 2 aromatic rings. The number of aromatic nitrogens is 2. The van der Waals surface area contributed by atoms with Crippen LogP contribution in [0.2, 0.25) is 5.02 Å². The number of anilines is 1. The predicted octanol–water partition coefficient (Wildman–Crippen LogP) is 2.31. The summed E-state index contributed by atoms with van der Waals surface area (Å²) >= 11 is 6.69. The number of hydrogen-bond acceptors (Lipinski definition) is 6. The molecular weight excluding hydrogens is 338 g/mol. The molecule has 0 atom stereocenters. The van der Waals surface area contributed by atoms with Gasteiger partial charge in [-0.2, -0.15) is 4.37 Å². The van der Waals surface area contributed by atoms with E-state index in [-0.39, 0.29) is 26.2 Å². The molecule has 0 aliphatic heterocycles. The Morgan fingerprint density at radius 2 is 2.05 bits per heavy atom. The van der Waals surface area contributed by atoms with Crippen LogP contribution in [0, 0.1) is 13.8 Å². The molecule has 0 saturated carbocycles. The van der Waals surface area contributed by atoms with Gasteiger partial charge in [-0.1, -0.05) is 11.6 Å². The summed E-state index contributed by atoms with van der Waals surface area (Å²) in [7, 11) is -4.00. The second-order valence-corrected chi connectivity index (χ2v) is 6.97. The zero-order chi connectivity index (χ0) is 15.8. The molecule has 7 nitrogen and oxygen atoms in total. The van der Waals surface area contributed by atoms with Gasteiger partial charge in [-0.15, -0.1) is 0 Å². The summed E-state index contributed by atoms with van der Waals surface area (Å²) in [5.41, 5.74) is -0.0723. The van der Waals surface area contributed by atoms with Crippen LogP contribution in [-0.4, -0.2) is 28.9 Å². The van der Waals surface area contributed by atoms with Gasteiger partial charge >= 0.3 is 5.97 Å². The van der Waals surface area contributed by atoms with E-state index in [4.69, 9.17) is 16.7 Å². The molecule has 0 bridgehead atoms. The second-order valence-electron chi connectivity index (χ2n) is 4.13. The van der Waals surface area contributed by atoms with E-state index >= 15 is 0 Å². The van der Waals surface area contributed by atoms with Crippen LogP contribution < -0.4 is 4.72 Å². The molecular formula is C11H10ClN3O4S2. The lowest BCUT2D eigenvalue weighted by Gasteiger charge is -2.11. The zero-order valence-electron chi connectivity index (χ0n) is 10.9. The van der Waals surface area contributed by atoms with Crippen LogP contribution in [0.1, 0.15) is 21.7 Å². The Kier molecular flexibility index (Phi) is 4.17. The number of rotatable bonds is 4. The van der Waals surface area contributed by atoms with Gasteiger partial charge < -0.3 is 5.11 Å². The Hall–Kier alpha value is -1.71. The molecule has 10 heteroatoms. The molecule has 21 heavy (non-hydrogen) atoms. The van der Waals surface area contributed by atoms with Crippen LogP contribution in [0.5, 0.6) is 0 Å². The number of sulfonamides is 1. The smallest absolute Gasteiger partial charge is 0.336 e. The molecule has 112 valence electrons. The minimum atomic E-state index is -4.00. The maximum Gasteiger partial charge on any atom is 0.336 e. The molecule has 0 aliphatic rings. The third-order valence-electron chi connectivity index (χ3n) is 2.59. The Morgan fingerprint density at radius 1 is 1.38 bits per heavy atom.